The lowest BCUT2D eigenvalue weighted by atomic mass is 10.1. The van der Waals surface area contributed by atoms with Crippen molar-refractivity contribution < 1.29 is 14.3 Å². The molecule has 1 aliphatic rings. The summed E-state index contributed by atoms with van der Waals surface area (Å²) in [7, 11) is 3.24. The van der Waals surface area contributed by atoms with E-state index < -0.39 is 0 Å². The Hall–Kier alpha value is -3.32. The van der Waals surface area contributed by atoms with Crippen molar-refractivity contribution in [3.05, 3.63) is 59.8 Å². The summed E-state index contributed by atoms with van der Waals surface area (Å²) in [5, 5.41) is 4.83. The number of amides is 1. The normalized spacial score (nSPS) is 14.4. The molecule has 0 spiro atoms. The highest BCUT2D eigenvalue weighted by Gasteiger charge is 2.26. The molecule has 1 aromatic heterocycles. The predicted octanol–water partition coefficient (Wildman–Crippen LogP) is 3.64. The zero-order valence-corrected chi connectivity index (χ0v) is 19.2. The number of hydrogen-bond donors (Lipinski definition) is 0. The van der Waals surface area contributed by atoms with Gasteiger partial charge in [-0.1, -0.05) is 24.6 Å². The van der Waals surface area contributed by atoms with Crippen LogP contribution in [0.5, 0.6) is 11.5 Å². The van der Waals surface area contributed by atoms with E-state index in [1.165, 1.54) is 0 Å². The summed E-state index contributed by atoms with van der Waals surface area (Å²) in [6.45, 7) is 8.41. The van der Waals surface area contributed by atoms with Crippen molar-refractivity contribution in [2.75, 3.05) is 46.9 Å². The van der Waals surface area contributed by atoms with Gasteiger partial charge in [-0.05, 0) is 43.8 Å². The Balaban J connectivity index is 1.76. The third-order valence-electron chi connectivity index (χ3n) is 6.00. The third-order valence-corrected chi connectivity index (χ3v) is 6.00. The van der Waals surface area contributed by atoms with E-state index in [-0.39, 0.29) is 5.91 Å². The molecule has 1 amide bonds. The molecule has 0 bridgehead atoms. The highest BCUT2D eigenvalue weighted by Crippen LogP contribution is 2.33. The number of likely N-dealkylation sites (N-methyl/N-ethyl adjacent to an activating group) is 1. The van der Waals surface area contributed by atoms with Gasteiger partial charge in [0.1, 0.15) is 17.2 Å². The second kappa shape index (κ2) is 9.44. The third kappa shape index (κ3) is 4.34. The van der Waals surface area contributed by atoms with Crippen molar-refractivity contribution in [2.45, 2.75) is 13.8 Å². The molecule has 0 saturated carbocycles. The van der Waals surface area contributed by atoms with E-state index in [2.05, 4.69) is 11.8 Å². The SMILES string of the molecule is CCN1CCN(C(=O)c2cc(-c3ccc(OC)cc3OC)nn2-c2ccc(C)cc2)CC1. The zero-order chi connectivity index (χ0) is 22.7. The first kappa shape index (κ1) is 21.9. The number of carbonyl (C=O) groups is 1. The summed E-state index contributed by atoms with van der Waals surface area (Å²) in [5.74, 6) is 1.34. The maximum atomic E-state index is 13.6. The summed E-state index contributed by atoms with van der Waals surface area (Å²) in [5.41, 5.74) is 4.04. The van der Waals surface area contributed by atoms with Gasteiger partial charge >= 0.3 is 0 Å². The molecule has 0 aliphatic carbocycles. The smallest absolute Gasteiger partial charge is 0.272 e. The van der Waals surface area contributed by atoms with Crippen LogP contribution in [-0.4, -0.2) is 72.4 Å². The fraction of sp³-hybridized carbons (Fsp3) is 0.360. The largest absolute Gasteiger partial charge is 0.497 e. The van der Waals surface area contributed by atoms with E-state index in [0.717, 1.165) is 36.4 Å². The van der Waals surface area contributed by atoms with Gasteiger partial charge in [-0.2, -0.15) is 5.10 Å². The Morgan fingerprint density at radius 2 is 1.69 bits per heavy atom. The summed E-state index contributed by atoms with van der Waals surface area (Å²) < 4.78 is 12.6. The minimum atomic E-state index is -0.00689. The fourth-order valence-corrected chi connectivity index (χ4v) is 3.99. The number of aromatic nitrogens is 2. The molecule has 1 aliphatic heterocycles. The van der Waals surface area contributed by atoms with Crippen LogP contribution in [0.4, 0.5) is 0 Å². The Bertz CT molecular complexity index is 1080. The van der Waals surface area contributed by atoms with Crippen LogP contribution in [0.15, 0.2) is 48.5 Å². The van der Waals surface area contributed by atoms with E-state index in [9.17, 15) is 4.79 Å². The van der Waals surface area contributed by atoms with Crippen LogP contribution in [-0.2, 0) is 0 Å². The van der Waals surface area contributed by atoms with Crippen molar-refractivity contribution in [1.82, 2.24) is 19.6 Å². The average molecular weight is 435 g/mol. The van der Waals surface area contributed by atoms with Gasteiger partial charge in [-0.25, -0.2) is 4.68 Å². The number of carbonyl (C=O) groups excluding carboxylic acids is 1. The highest BCUT2D eigenvalue weighted by atomic mass is 16.5. The predicted molar refractivity (Wildman–Crippen MR) is 125 cm³/mol. The van der Waals surface area contributed by atoms with Crippen molar-refractivity contribution in [3.63, 3.8) is 0 Å². The van der Waals surface area contributed by atoms with Gasteiger partial charge in [0.15, 0.2) is 0 Å². The molecule has 168 valence electrons. The molecule has 0 N–H and O–H groups in total. The number of rotatable bonds is 6. The first-order valence-corrected chi connectivity index (χ1v) is 10.9. The second-order valence-electron chi connectivity index (χ2n) is 7.95. The number of benzene rings is 2. The van der Waals surface area contributed by atoms with Gasteiger partial charge in [-0.15, -0.1) is 0 Å². The number of aryl methyl sites for hydroxylation is 1. The molecule has 2 aromatic carbocycles. The molecule has 7 nitrogen and oxygen atoms in total. The number of hydrogen-bond acceptors (Lipinski definition) is 5. The van der Waals surface area contributed by atoms with Gasteiger partial charge in [0.05, 0.1) is 25.6 Å². The van der Waals surface area contributed by atoms with Crippen molar-refractivity contribution in [1.29, 1.82) is 0 Å². The molecule has 1 saturated heterocycles. The quantitative estimate of drug-likeness (QED) is 0.593. The van der Waals surface area contributed by atoms with Crippen LogP contribution in [0.25, 0.3) is 16.9 Å². The van der Waals surface area contributed by atoms with Crippen LogP contribution in [0.3, 0.4) is 0 Å². The minimum Gasteiger partial charge on any atom is -0.497 e. The number of ether oxygens (including phenoxy) is 2. The standard InChI is InChI=1S/C25H30N4O3/c1-5-27-12-14-28(15-13-27)25(30)23-17-22(21-11-10-20(31-3)16-24(21)32-4)26-29(23)19-8-6-18(2)7-9-19/h6-11,16-17H,5,12-15H2,1-4H3. The second-order valence-corrected chi connectivity index (χ2v) is 7.95. The van der Waals surface area contributed by atoms with Crippen LogP contribution in [0, 0.1) is 6.92 Å². The summed E-state index contributed by atoms with van der Waals surface area (Å²) >= 11 is 0. The molecular formula is C25H30N4O3. The highest BCUT2D eigenvalue weighted by molar-refractivity contribution is 5.94. The van der Waals surface area contributed by atoms with Crippen LogP contribution in [0.1, 0.15) is 23.0 Å². The number of piperazine rings is 1. The summed E-state index contributed by atoms with van der Waals surface area (Å²) in [4.78, 5) is 17.8. The fourth-order valence-electron chi connectivity index (χ4n) is 3.99. The van der Waals surface area contributed by atoms with Crippen molar-refractivity contribution in [3.8, 4) is 28.4 Å². The molecule has 32 heavy (non-hydrogen) atoms. The summed E-state index contributed by atoms with van der Waals surface area (Å²) in [6, 6.07) is 15.5. The molecule has 1 fully saturated rings. The first-order valence-electron chi connectivity index (χ1n) is 10.9. The van der Waals surface area contributed by atoms with E-state index in [1.54, 1.807) is 18.9 Å². The lowest BCUT2D eigenvalue weighted by Gasteiger charge is -2.34. The molecule has 4 rings (SSSR count). The Morgan fingerprint density at radius 3 is 2.31 bits per heavy atom. The molecule has 0 unspecified atom stereocenters. The maximum Gasteiger partial charge on any atom is 0.272 e. The zero-order valence-electron chi connectivity index (χ0n) is 19.2. The first-order chi connectivity index (χ1) is 15.5. The molecule has 2 heterocycles. The molecule has 0 radical (unpaired) electrons. The number of methoxy groups -OCH3 is 2. The van der Waals surface area contributed by atoms with Gasteiger partial charge in [0.25, 0.3) is 5.91 Å². The molecular weight excluding hydrogens is 404 g/mol. The van der Waals surface area contributed by atoms with Crippen molar-refractivity contribution in [2.24, 2.45) is 0 Å². The van der Waals surface area contributed by atoms with Gasteiger partial charge in [-0.3, -0.25) is 4.79 Å². The van der Waals surface area contributed by atoms with Gasteiger partial charge < -0.3 is 19.3 Å². The maximum absolute atomic E-state index is 13.6. The van der Waals surface area contributed by atoms with E-state index in [1.807, 2.05) is 60.4 Å². The van der Waals surface area contributed by atoms with E-state index in [0.29, 0.717) is 36.0 Å². The van der Waals surface area contributed by atoms with Crippen LogP contribution < -0.4 is 9.47 Å². The molecule has 7 heteroatoms. The van der Waals surface area contributed by atoms with Gasteiger partial charge in [0, 0.05) is 37.8 Å². The lowest BCUT2D eigenvalue weighted by molar-refractivity contribution is 0.0634. The Labute approximate surface area is 189 Å². The topological polar surface area (TPSA) is 59.8 Å². The van der Waals surface area contributed by atoms with Crippen LogP contribution >= 0.6 is 0 Å². The van der Waals surface area contributed by atoms with Crippen LogP contribution in [0.2, 0.25) is 0 Å². The monoisotopic (exact) mass is 434 g/mol. The Kier molecular flexibility index (Phi) is 6.46. The van der Waals surface area contributed by atoms with Crippen molar-refractivity contribution >= 4 is 5.91 Å². The minimum absolute atomic E-state index is 0.00689. The Morgan fingerprint density at radius 1 is 0.969 bits per heavy atom. The molecule has 0 atom stereocenters. The lowest BCUT2D eigenvalue weighted by Crippen LogP contribution is -2.48. The van der Waals surface area contributed by atoms with E-state index in [4.69, 9.17) is 14.6 Å². The van der Waals surface area contributed by atoms with E-state index >= 15 is 0 Å². The number of nitrogens with zero attached hydrogens (tertiary/aromatic N) is 4. The summed E-state index contributed by atoms with van der Waals surface area (Å²) in [6.07, 6.45) is 0. The molecule has 3 aromatic rings. The average Bonchev–Trinajstić information content (AvgIpc) is 3.28. The van der Waals surface area contributed by atoms with Gasteiger partial charge in [0.2, 0.25) is 0 Å².